The predicted molar refractivity (Wildman–Crippen MR) is 213 cm³/mol. The Balaban J connectivity index is 1.27. The molecule has 5 N–H and O–H groups in total. The molecule has 57 heavy (non-hydrogen) atoms. The number of carboxylic acids is 2. The number of hydrogen-bond donors (Lipinski definition) is 5. The van der Waals surface area contributed by atoms with Crippen molar-refractivity contribution < 1.29 is 44.2 Å². The number of aliphatic hydroxyl groups is 2. The topological polar surface area (TPSA) is 195 Å². The van der Waals surface area contributed by atoms with Gasteiger partial charge in [-0.05, 0) is 99.1 Å². The zero-order valence-corrected chi connectivity index (χ0v) is 33.1. The Morgan fingerprint density at radius 2 is 1.63 bits per heavy atom. The highest BCUT2D eigenvalue weighted by molar-refractivity contribution is 6.32. The molecule has 4 aromatic rings. The number of aliphatic carboxylic acids is 2. The summed E-state index contributed by atoms with van der Waals surface area (Å²) in [5, 5.41) is 51.1. The number of hydrogen-bond acceptors (Lipinski definition) is 11. The van der Waals surface area contributed by atoms with Crippen molar-refractivity contribution in [2.75, 3.05) is 39.5 Å². The van der Waals surface area contributed by atoms with Gasteiger partial charge in [0.2, 0.25) is 0 Å². The van der Waals surface area contributed by atoms with Gasteiger partial charge in [0.15, 0.2) is 0 Å². The number of aromatic nitrogens is 1. The molecule has 13 nitrogen and oxygen atoms in total. The maximum Gasteiger partial charge on any atom is 0.326 e. The number of nitrogens with zero attached hydrogens (tertiary/aromatic N) is 3. The summed E-state index contributed by atoms with van der Waals surface area (Å²) in [7, 11) is 0. The largest absolute Gasteiger partial charge is 0.493 e. The maximum absolute atomic E-state index is 11.8. The van der Waals surface area contributed by atoms with Crippen molar-refractivity contribution in [2.45, 2.75) is 65.3 Å². The van der Waals surface area contributed by atoms with Crippen LogP contribution in [0.1, 0.15) is 59.6 Å². The Bertz CT molecular complexity index is 2100. The summed E-state index contributed by atoms with van der Waals surface area (Å²) in [6.07, 6.45) is 4.67. The van der Waals surface area contributed by atoms with E-state index in [0.29, 0.717) is 60.7 Å². The first-order valence-corrected chi connectivity index (χ1v) is 19.1. The molecule has 0 radical (unpaired) electrons. The molecule has 0 unspecified atom stereocenters. The molecule has 0 aliphatic carbocycles. The molecule has 0 saturated carbocycles. The first-order chi connectivity index (χ1) is 27.3. The van der Waals surface area contributed by atoms with Crippen LogP contribution in [-0.2, 0) is 29.3 Å². The zero-order valence-electron chi connectivity index (χ0n) is 32.4. The van der Waals surface area contributed by atoms with E-state index in [4.69, 9.17) is 25.8 Å². The molecule has 1 atom stereocenters. The SMILES string of the molecule is Cc1c(COc2cc(OCc3cncc(C#N)c3)c(CN[C@@](C)(CO)C(=O)O)cc2Cl)cccc1-c1cccc(OCCCN2CCC(CO)(C(=O)O)CC2)c1C. The van der Waals surface area contributed by atoms with E-state index in [1.54, 1.807) is 24.4 Å². The van der Waals surface area contributed by atoms with Crippen LogP contribution >= 0.6 is 11.6 Å². The van der Waals surface area contributed by atoms with E-state index in [1.165, 1.54) is 13.1 Å². The second-order valence-electron chi connectivity index (χ2n) is 14.6. The first kappa shape index (κ1) is 42.9. The van der Waals surface area contributed by atoms with Crippen LogP contribution in [0, 0.1) is 30.6 Å². The third-order valence-electron chi connectivity index (χ3n) is 10.7. The fraction of sp³-hybridized carbons (Fsp3) is 0.395. The van der Waals surface area contributed by atoms with Crippen LogP contribution in [0.2, 0.25) is 5.02 Å². The van der Waals surface area contributed by atoms with Crippen LogP contribution in [0.25, 0.3) is 11.1 Å². The summed E-state index contributed by atoms with van der Waals surface area (Å²) < 4.78 is 18.7. The second-order valence-corrected chi connectivity index (χ2v) is 15.0. The number of benzene rings is 3. The fourth-order valence-electron chi connectivity index (χ4n) is 6.70. The lowest BCUT2D eigenvalue weighted by molar-refractivity contribution is -0.155. The lowest BCUT2D eigenvalue weighted by Crippen LogP contribution is -2.52. The van der Waals surface area contributed by atoms with Crippen LogP contribution in [0.15, 0.2) is 67.0 Å². The first-order valence-electron chi connectivity index (χ1n) is 18.7. The van der Waals surface area contributed by atoms with E-state index in [9.17, 15) is 35.3 Å². The zero-order chi connectivity index (χ0) is 41.2. The number of piperidine rings is 1. The van der Waals surface area contributed by atoms with Gasteiger partial charge in [-0.25, -0.2) is 0 Å². The number of halogens is 1. The van der Waals surface area contributed by atoms with Crippen LogP contribution < -0.4 is 19.5 Å². The monoisotopic (exact) mass is 800 g/mol. The van der Waals surface area contributed by atoms with Crippen LogP contribution in [-0.4, -0.2) is 87.2 Å². The van der Waals surface area contributed by atoms with Gasteiger partial charge >= 0.3 is 11.9 Å². The summed E-state index contributed by atoms with van der Waals surface area (Å²) >= 11 is 6.73. The molecule has 2 heterocycles. The van der Waals surface area contributed by atoms with Gasteiger partial charge in [-0.3, -0.25) is 19.9 Å². The van der Waals surface area contributed by atoms with Gasteiger partial charge < -0.3 is 39.5 Å². The molecule has 5 rings (SSSR count). The Labute approximate surface area is 337 Å². The highest BCUT2D eigenvalue weighted by Gasteiger charge is 2.41. The van der Waals surface area contributed by atoms with Crippen molar-refractivity contribution >= 4 is 23.5 Å². The van der Waals surface area contributed by atoms with Gasteiger partial charge in [0.1, 0.15) is 42.1 Å². The molecule has 302 valence electrons. The summed E-state index contributed by atoms with van der Waals surface area (Å²) in [6.45, 7) is 7.25. The number of aliphatic hydroxyl groups excluding tert-OH is 2. The normalized spacial score (nSPS) is 15.0. The van der Waals surface area contributed by atoms with Gasteiger partial charge in [-0.1, -0.05) is 41.9 Å². The summed E-state index contributed by atoms with van der Waals surface area (Å²) in [5.74, 6) is -0.654. The number of pyridine rings is 1. The second kappa shape index (κ2) is 19.3. The standard InChI is InChI=1S/C43H49ClN4O9/c1-28-32(7-4-8-34(28)35-9-5-10-37(29(35)2)55-16-6-13-48-14-11-43(27-50,12-15-48)41(53)54)25-57-39-19-38(56-24-31-17-30(20-45)21-46-22-31)33(18-36(39)44)23-47-42(3,26-49)40(51)52/h4-5,7-10,17-19,21-22,47,49-50H,6,11-16,23-27H2,1-3H3,(H,51,52)(H,53,54)/t42-/m0/s1. The smallest absolute Gasteiger partial charge is 0.326 e. The van der Waals surface area contributed by atoms with Crippen molar-refractivity contribution in [3.8, 4) is 34.4 Å². The van der Waals surface area contributed by atoms with Crippen molar-refractivity contribution in [1.82, 2.24) is 15.2 Å². The molecular formula is C43H49ClN4O9. The van der Waals surface area contributed by atoms with Crippen molar-refractivity contribution in [3.63, 3.8) is 0 Å². The molecule has 0 spiro atoms. The van der Waals surface area contributed by atoms with Crippen molar-refractivity contribution in [1.29, 1.82) is 5.26 Å². The Morgan fingerprint density at radius 3 is 2.30 bits per heavy atom. The molecule has 1 saturated heterocycles. The van der Waals surface area contributed by atoms with Crippen LogP contribution in [0.3, 0.4) is 0 Å². The van der Waals surface area contributed by atoms with Gasteiger partial charge in [0, 0.05) is 42.7 Å². The minimum atomic E-state index is -1.61. The summed E-state index contributed by atoms with van der Waals surface area (Å²) in [6, 6.07) is 19.0. The number of carbonyl (C=O) groups is 2. The fourth-order valence-corrected chi connectivity index (χ4v) is 6.94. The van der Waals surface area contributed by atoms with E-state index in [2.05, 4.69) is 33.4 Å². The molecule has 1 fully saturated rings. The quantitative estimate of drug-likeness (QED) is 0.0705. The Morgan fingerprint density at radius 1 is 0.930 bits per heavy atom. The molecule has 3 aromatic carbocycles. The molecule has 1 aliphatic rings. The third-order valence-corrected chi connectivity index (χ3v) is 11.0. The van der Waals surface area contributed by atoms with E-state index < -0.39 is 29.5 Å². The molecule has 1 aromatic heterocycles. The average Bonchev–Trinajstić information content (AvgIpc) is 3.21. The molecular weight excluding hydrogens is 752 g/mol. The molecule has 14 heteroatoms. The predicted octanol–water partition coefficient (Wildman–Crippen LogP) is 5.90. The van der Waals surface area contributed by atoms with Gasteiger partial charge in [0.05, 0.1) is 35.8 Å². The highest BCUT2D eigenvalue weighted by atomic mass is 35.5. The lowest BCUT2D eigenvalue weighted by atomic mass is 9.79. The number of rotatable bonds is 19. The average molecular weight is 801 g/mol. The lowest BCUT2D eigenvalue weighted by Gasteiger charge is -2.37. The number of nitriles is 1. The van der Waals surface area contributed by atoms with Gasteiger partial charge in [-0.15, -0.1) is 0 Å². The number of ether oxygens (including phenoxy) is 3. The summed E-state index contributed by atoms with van der Waals surface area (Å²) in [4.78, 5) is 29.8. The van der Waals surface area contributed by atoms with Crippen molar-refractivity contribution in [2.24, 2.45) is 5.41 Å². The maximum atomic E-state index is 11.8. The van der Waals surface area contributed by atoms with Crippen molar-refractivity contribution in [3.05, 3.63) is 105 Å². The minimum Gasteiger partial charge on any atom is -0.493 e. The van der Waals surface area contributed by atoms with Gasteiger partial charge in [-0.2, -0.15) is 5.26 Å². The molecule has 1 aliphatic heterocycles. The highest BCUT2D eigenvalue weighted by Crippen LogP contribution is 2.37. The third kappa shape index (κ3) is 10.4. The van der Waals surface area contributed by atoms with Gasteiger partial charge in [0.25, 0.3) is 0 Å². The molecule has 0 bridgehead atoms. The number of carboxylic acid groups (broad SMARTS) is 2. The number of nitrogens with one attached hydrogen (secondary N) is 1. The van der Waals surface area contributed by atoms with Crippen LogP contribution in [0.5, 0.6) is 17.2 Å². The minimum absolute atomic E-state index is 0.0114. The Hall–Kier alpha value is -5.23. The van der Waals surface area contributed by atoms with E-state index in [0.717, 1.165) is 46.5 Å². The van der Waals surface area contributed by atoms with E-state index >= 15 is 0 Å². The van der Waals surface area contributed by atoms with Crippen LogP contribution in [0.4, 0.5) is 0 Å². The summed E-state index contributed by atoms with van der Waals surface area (Å²) in [5.41, 5.74) is 3.90. The number of likely N-dealkylation sites (tertiary alicyclic amines) is 1. The van der Waals surface area contributed by atoms with E-state index in [1.807, 2.05) is 38.1 Å². The Kier molecular flexibility index (Phi) is 14.5. The molecule has 0 amide bonds. The van der Waals surface area contributed by atoms with E-state index in [-0.39, 0.29) is 31.4 Å².